The number of benzene rings is 3. The minimum atomic E-state index is -1.35. The van der Waals surface area contributed by atoms with Gasteiger partial charge in [-0.05, 0) is 65.5 Å². The van der Waals surface area contributed by atoms with Crippen LogP contribution < -0.4 is 80.5 Å². The van der Waals surface area contributed by atoms with Gasteiger partial charge in [-0.2, -0.15) is 0 Å². The van der Waals surface area contributed by atoms with Gasteiger partial charge in [0.25, 0.3) is 0 Å². The van der Waals surface area contributed by atoms with E-state index in [-0.39, 0.29) is 111 Å². The number of aromatic carboxylic acids is 1. The van der Waals surface area contributed by atoms with Crippen molar-refractivity contribution in [3.63, 3.8) is 0 Å². The molecule has 0 atom stereocenters. The van der Waals surface area contributed by atoms with E-state index in [0.29, 0.717) is 26.5 Å². The summed E-state index contributed by atoms with van der Waals surface area (Å²) in [5.74, 6) is -1.75. The zero-order valence-corrected chi connectivity index (χ0v) is 31.1. The van der Waals surface area contributed by atoms with Gasteiger partial charge >= 0.3 is 59.1 Å². The number of hydrogen-bond acceptors (Lipinski definition) is 6. The number of hydrogen-bond donors (Lipinski definition) is 1. The Morgan fingerprint density at radius 3 is 2.11 bits per heavy atom. The van der Waals surface area contributed by atoms with Crippen LogP contribution in [-0.2, 0) is 4.79 Å². The van der Waals surface area contributed by atoms with Crippen LogP contribution >= 0.6 is 86.3 Å². The van der Waals surface area contributed by atoms with E-state index in [4.69, 9.17) is 4.42 Å². The van der Waals surface area contributed by atoms with E-state index in [1.807, 2.05) is 22.6 Å². The van der Waals surface area contributed by atoms with Crippen LogP contribution in [-0.4, -0.2) is 16.3 Å². The van der Waals surface area contributed by atoms with Gasteiger partial charge in [-0.3, -0.25) is 9.59 Å². The van der Waals surface area contributed by atoms with Crippen LogP contribution in [0.4, 0.5) is 0 Å². The molecule has 4 rings (SSSR count). The molecule has 1 heterocycles. The van der Waals surface area contributed by atoms with E-state index in [0.717, 1.165) is 0 Å². The molecule has 2 aromatic carbocycles. The maximum absolute atomic E-state index is 12.4. The molecule has 1 aliphatic carbocycles. The van der Waals surface area contributed by atoms with Crippen LogP contribution in [0.3, 0.4) is 0 Å². The molecule has 1 aliphatic heterocycles. The number of fused-ring (bicyclic) bond motifs is 2. The molecular formula is C22H10Br4INNa2O6. The molecule has 0 saturated carbocycles. The molecule has 0 fully saturated rings. The number of carbonyl (C=O) groups excluding carboxylic acids is 2. The molecule has 1 amide bonds. The standard InChI is InChI=1S/C20H8Br4O5.C2H4INO.2Na/c21-11-5-9-13(7-3-1-2-4-8(7)20(27)28)10-6-12(22)17(26)15(24)19(10)29-18(9)14(23)16(11)25;3-1-2(4)5;;/h1-6,25H,(H,27,28);1H2,(H2,4,5);;/q;;2*+1/p-2. The molecule has 2 aromatic rings. The predicted octanol–water partition coefficient (Wildman–Crippen LogP) is -1.03. The summed E-state index contributed by atoms with van der Waals surface area (Å²) in [4.78, 5) is 33.8. The van der Waals surface area contributed by atoms with Gasteiger partial charge in [0.2, 0.25) is 11.3 Å². The van der Waals surface area contributed by atoms with Gasteiger partial charge in [0.05, 0.1) is 19.3 Å². The Morgan fingerprint density at radius 2 is 1.56 bits per heavy atom. The minimum Gasteiger partial charge on any atom is -0.871 e. The van der Waals surface area contributed by atoms with Crippen molar-refractivity contribution in [3.05, 3.63) is 70.1 Å². The van der Waals surface area contributed by atoms with Crippen molar-refractivity contribution in [1.29, 1.82) is 0 Å². The first kappa shape index (κ1) is 34.5. The summed E-state index contributed by atoms with van der Waals surface area (Å²) in [6.07, 6.45) is 0. The topological polar surface area (TPSA) is 136 Å². The first-order valence-electron chi connectivity index (χ1n) is 9.08. The number of rotatable bonds is 3. The third kappa shape index (κ3) is 7.18. The second-order valence-corrected chi connectivity index (χ2v) is 10.7. The quantitative estimate of drug-likeness (QED) is 0.121. The summed E-state index contributed by atoms with van der Waals surface area (Å²) in [5, 5.41) is 24.7. The van der Waals surface area contributed by atoms with E-state index in [1.54, 1.807) is 30.3 Å². The third-order valence-corrected chi connectivity index (χ3v) is 7.92. The fourth-order valence-corrected chi connectivity index (χ4v) is 5.56. The molecule has 7 nitrogen and oxygen atoms in total. The smallest absolute Gasteiger partial charge is 0.871 e. The van der Waals surface area contributed by atoms with Crippen LogP contribution in [0, 0.1) is 0 Å². The van der Waals surface area contributed by atoms with E-state index in [2.05, 4.69) is 69.5 Å². The van der Waals surface area contributed by atoms with Gasteiger partial charge in [0.15, 0.2) is 5.76 Å². The summed E-state index contributed by atoms with van der Waals surface area (Å²) < 4.78 is 7.21. The maximum Gasteiger partial charge on any atom is 1.00 e. The predicted molar refractivity (Wildman–Crippen MR) is 147 cm³/mol. The Morgan fingerprint density at radius 1 is 0.972 bits per heavy atom. The molecule has 0 radical (unpaired) electrons. The molecule has 2 aliphatic rings. The van der Waals surface area contributed by atoms with Crippen LogP contribution in [0.25, 0.3) is 33.4 Å². The SMILES string of the molecule is NC(=O)CI.O=C([O-])c1ccccc1-c1c2cc(Br)c(=O)c(Br)c-2oc2c(Br)c([O-])c(Br)cc12.[Na+].[Na+]. The van der Waals surface area contributed by atoms with Crippen molar-refractivity contribution in [2.75, 3.05) is 4.43 Å². The van der Waals surface area contributed by atoms with Gasteiger partial charge in [-0.25, -0.2) is 0 Å². The second kappa shape index (κ2) is 14.8. The number of carboxylic acid groups (broad SMARTS) is 1. The molecule has 0 aromatic heterocycles. The van der Waals surface area contributed by atoms with Gasteiger partial charge in [-0.1, -0.05) is 68.5 Å². The van der Waals surface area contributed by atoms with Gasteiger partial charge in [-0.15, -0.1) is 0 Å². The average Bonchev–Trinajstić information content (AvgIpc) is 2.81. The largest absolute Gasteiger partial charge is 1.00 e. The summed E-state index contributed by atoms with van der Waals surface area (Å²) in [6.45, 7) is 0. The zero-order valence-electron chi connectivity index (χ0n) is 18.6. The molecule has 0 saturated heterocycles. The molecule has 0 bridgehead atoms. The van der Waals surface area contributed by atoms with Crippen LogP contribution in [0.5, 0.6) is 5.75 Å². The fraction of sp³-hybridized carbons (Fsp3) is 0.0455. The molecule has 36 heavy (non-hydrogen) atoms. The van der Waals surface area contributed by atoms with E-state index in [9.17, 15) is 24.6 Å². The van der Waals surface area contributed by atoms with Crippen LogP contribution in [0.2, 0.25) is 0 Å². The first-order chi connectivity index (χ1) is 16.0. The van der Waals surface area contributed by atoms with Crippen molar-refractivity contribution >= 4 is 109 Å². The van der Waals surface area contributed by atoms with Crippen LogP contribution in [0.15, 0.2) is 63.5 Å². The number of nitrogens with two attached hydrogens (primary N) is 1. The Labute approximate surface area is 296 Å². The number of amides is 1. The normalized spacial score (nSPS) is 10.1. The van der Waals surface area contributed by atoms with Crippen LogP contribution in [0.1, 0.15) is 10.4 Å². The van der Waals surface area contributed by atoms with Crippen molar-refractivity contribution in [1.82, 2.24) is 0 Å². The summed E-state index contributed by atoms with van der Waals surface area (Å²) in [7, 11) is 0. The molecule has 176 valence electrons. The number of carboxylic acids is 1. The summed E-state index contributed by atoms with van der Waals surface area (Å²) in [6, 6.07) is 9.50. The number of halogens is 5. The van der Waals surface area contributed by atoms with E-state index < -0.39 is 5.97 Å². The molecule has 0 unspecified atom stereocenters. The third-order valence-electron chi connectivity index (χ3n) is 4.55. The molecule has 14 heteroatoms. The van der Waals surface area contributed by atoms with Crippen molar-refractivity contribution in [3.8, 4) is 28.2 Å². The summed E-state index contributed by atoms with van der Waals surface area (Å²) in [5.41, 5.74) is 5.82. The number of carbonyl (C=O) groups is 2. The second-order valence-electron chi connectivity index (χ2n) is 6.67. The van der Waals surface area contributed by atoms with Crippen molar-refractivity contribution in [2.45, 2.75) is 0 Å². The van der Waals surface area contributed by atoms with Crippen molar-refractivity contribution in [2.24, 2.45) is 5.73 Å². The first-order valence-corrected chi connectivity index (χ1v) is 13.8. The van der Waals surface area contributed by atoms with Gasteiger partial charge in [0, 0.05) is 26.5 Å². The maximum atomic E-state index is 12.4. The Bertz CT molecular complexity index is 1500. The van der Waals surface area contributed by atoms with E-state index in [1.165, 1.54) is 6.07 Å². The van der Waals surface area contributed by atoms with Crippen molar-refractivity contribution < 1.29 is 83.3 Å². The van der Waals surface area contributed by atoms with Gasteiger partial charge in [0.1, 0.15) is 10.1 Å². The Balaban J connectivity index is 0.000000846. The molecular weight excluding hydrogens is 867 g/mol. The number of alkyl halides is 1. The summed E-state index contributed by atoms with van der Waals surface area (Å²) >= 11 is 14.9. The zero-order chi connectivity index (χ0) is 25.3. The molecule has 2 N–H and O–H groups in total. The fourth-order valence-electron chi connectivity index (χ4n) is 3.16. The molecule has 0 spiro atoms. The Hall–Kier alpha value is 0.520. The number of primary amides is 1. The van der Waals surface area contributed by atoms with E-state index >= 15 is 0 Å². The Kier molecular flexibility index (Phi) is 14.2. The minimum absolute atomic E-state index is 0. The monoisotopic (exact) mass is 873 g/mol. The average molecular weight is 877 g/mol. The van der Waals surface area contributed by atoms with Gasteiger partial charge < -0.3 is 25.2 Å².